The smallest absolute Gasteiger partial charge is 0.277 e. The summed E-state index contributed by atoms with van der Waals surface area (Å²) < 4.78 is 5.87. The number of amides is 1. The van der Waals surface area contributed by atoms with Gasteiger partial charge >= 0.3 is 0 Å². The van der Waals surface area contributed by atoms with Crippen molar-refractivity contribution in [2.45, 2.75) is 13.8 Å². The lowest BCUT2D eigenvalue weighted by atomic mass is 10.0. The Bertz CT molecular complexity index is 1180. The van der Waals surface area contributed by atoms with Gasteiger partial charge in [0.05, 0.1) is 6.21 Å². The van der Waals surface area contributed by atoms with Crippen LogP contribution in [-0.4, -0.2) is 23.7 Å². The van der Waals surface area contributed by atoms with Crippen molar-refractivity contribution in [2.75, 3.05) is 6.61 Å². The van der Waals surface area contributed by atoms with E-state index in [2.05, 4.69) is 40.6 Å². The number of benzene rings is 2. The van der Waals surface area contributed by atoms with Gasteiger partial charge in [0.15, 0.2) is 6.61 Å². The fourth-order valence-electron chi connectivity index (χ4n) is 3.26. The highest BCUT2D eigenvalue weighted by molar-refractivity contribution is 7.13. The summed E-state index contributed by atoms with van der Waals surface area (Å²) in [6, 6.07) is 16.1. The molecule has 2 aromatic heterocycles. The summed E-state index contributed by atoms with van der Waals surface area (Å²) in [5.41, 5.74) is 7.62. The van der Waals surface area contributed by atoms with Crippen molar-refractivity contribution in [3.8, 4) is 16.2 Å². The van der Waals surface area contributed by atoms with Gasteiger partial charge in [0.25, 0.3) is 5.91 Å². The van der Waals surface area contributed by atoms with Crippen LogP contribution in [0, 0.1) is 13.8 Å². The van der Waals surface area contributed by atoms with Gasteiger partial charge < -0.3 is 9.72 Å². The molecule has 0 aliphatic rings. The molecule has 4 aromatic rings. The van der Waals surface area contributed by atoms with Crippen LogP contribution in [0.15, 0.2) is 65.2 Å². The van der Waals surface area contributed by atoms with E-state index in [1.165, 1.54) is 0 Å². The number of hydrogen-bond acceptors (Lipinski definition) is 4. The molecule has 0 saturated heterocycles. The molecule has 1 amide bonds. The molecule has 29 heavy (non-hydrogen) atoms. The summed E-state index contributed by atoms with van der Waals surface area (Å²) in [5.74, 6) is 0.425. The average molecular weight is 404 g/mol. The lowest BCUT2D eigenvalue weighted by Crippen LogP contribution is -2.25. The molecule has 0 aliphatic carbocycles. The van der Waals surface area contributed by atoms with Crippen LogP contribution in [0.1, 0.15) is 16.7 Å². The van der Waals surface area contributed by atoms with Crippen molar-refractivity contribution in [2.24, 2.45) is 5.10 Å². The summed E-state index contributed by atoms with van der Waals surface area (Å²) in [6.45, 7) is 3.95. The Morgan fingerprint density at radius 3 is 2.93 bits per heavy atom. The van der Waals surface area contributed by atoms with Gasteiger partial charge in [0.2, 0.25) is 0 Å². The zero-order valence-corrected chi connectivity index (χ0v) is 17.0. The minimum atomic E-state index is -0.306. The number of nitrogens with one attached hydrogen (secondary N) is 2. The van der Waals surface area contributed by atoms with Crippen LogP contribution in [-0.2, 0) is 4.79 Å². The van der Waals surface area contributed by atoms with Crippen molar-refractivity contribution in [3.05, 3.63) is 76.8 Å². The molecule has 0 saturated carbocycles. The number of H-pyrrole nitrogens is 1. The Morgan fingerprint density at radius 2 is 2.10 bits per heavy atom. The molecule has 5 nitrogen and oxygen atoms in total. The maximum atomic E-state index is 12.2. The largest absolute Gasteiger partial charge is 0.483 e. The van der Waals surface area contributed by atoms with E-state index in [1.54, 1.807) is 17.6 Å². The normalized spacial score (nSPS) is 11.2. The molecule has 0 spiro atoms. The number of ether oxygens (including phenoxy) is 1. The number of nitrogens with zero attached hydrogens (tertiary/aromatic N) is 1. The van der Waals surface area contributed by atoms with E-state index in [0.29, 0.717) is 0 Å². The first-order valence-corrected chi connectivity index (χ1v) is 10.1. The maximum absolute atomic E-state index is 12.2. The highest BCUT2D eigenvalue weighted by Crippen LogP contribution is 2.36. The van der Waals surface area contributed by atoms with E-state index in [-0.39, 0.29) is 12.5 Å². The SMILES string of the molecule is Cc1cc(C)c(OCC(=O)NN=Cc2ccc3cc[nH]c3c2)c(-c2cccs2)c1. The van der Waals surface area contributed by atoms with Gasteiger partial charge in [-0.1, -0.05) is 24.3 Å². The van der Waals surface area contributed by atoms with E-state index in [9.17, 15) is 4.79 Å². The molecular weight excluding hydrogens is 382 g/mol. The fourth-order valence-corrected chi connectivity index (χ4v) is 3.99. The molecule has 0 radical (unpaired) electrons. The molecule has 0 aliphatic heterocycles. The third-order valence-electron chi connectivity index (χ3n) is 4.54. The van der Waals surface area contributed by atoms with E-state index in [0.717, 1.165) is 43.8 Å². The van der Waals surface area contributed by atoms with Crippen LogP contribution in [0.4, 0.5) is 0 Å². The Morgan fingerprint density at radius 1 is 1.21 bits per heavy atom. The number of aryl methyl sites for hydroxylation is 2. The topological polar surface area (TPSA) is 66.5 Å². The standard InChI is InChI=1S/C23H21N3O2S/c1-15-10-16(2)23(19(11-15)21-4-3-9-29-21)28-14-22(27)26-25-13-17-5-6-18-7-8-24-20(18)12-17/h3-13,24H,14H2,1-2H3,(H,26,27). The molecule has 2 heterocycles. The Labute approximate surface area is 173 Å². The summed E-state index contributed by atoms with van der Waals surface area (Å²) in [5, 5.41) is 7.20. The van der Waals surface area contributed by atoms with Gasteiger partial charge in [-0.05, 0) is 65.6 Å². The van der Waals surface area contributed by atoms with E-state index in [4.69, 9.17) is 4.74 Å². The summed E-state index contributed by atoms with van der Waals surface area (Å²) in [6.07, 6.45) is 3.51. The number of hydrazone groups is 1. The van der Waals surface area contributed by atoms with Crippen molar-refractivity contribution in [1.29, 1.82) is 0 Å². The van der Waals surface area contributed by atoms with E-state index >= 15 is 0 Å². The van der Waals surface area contributed by atoms with Crippen LogP contribution < -0.4 is 10.2 Å². The third-order valence-corrected chi connectivity index (χ3v) is 5.44. The molecule has 0 fully saturated rings. The number of carbonyl (C=O) groups excluding carboxylic acids is 1. The Kier molecular flexibility index (Phi) is 5.44. The van der Waals surface area contributed by atoms with Crippen LogP contribution in [0.25, 0.3) is 21.3 Å². The van der Waals surface area contributed by atoms with Gasteiger partial charge in [0.1, 0.15) is 5.75 Å². The zero-order chi connectivity index (χ0) is 20.2. The summed E-state index contributed by atoms with van der Waals surface area (Å²) >= 11 is 1.65. The quantitative estimate of drug-likeness (QED) is 0.350. The predicted octanol–water partition coefficient (Wildman–Crippen LogP) is 5.04. The van der Waals surface area contributed by atoms with Crippen LogP contribution in [0.5, 0.6) is 5.75 Å². The number of aromatic amines is 1. The van der Waals surface area contributed by atoms with Crippen molar-refractivity contribution in [1.82, 2.24) is 10.4 Å². The van der Waals surface area contributed by atoms with Crippen molar-refractivity contribution < 1.29 is 9.53 Å². The van der Waals surface area contributed by atoms with Gasteiger partial charge in [-0.3, -0.25) is 4.79 Å². The maximum Gasteiger partial charge on any atom is 0.277 e. The van der Waals surface area contributed by atoms with E-state index in [1.807, 2.05) is 48.8 Å². The number of aromatic nitrogens is 1. The van der Waals surface area contributed by atoms with Gasteiger partial charge in [0, 0.05) is 22.2 Å². The number of rotatable bonds is 6. The number of hydrogen-bond donors (Lipinski definition) is 2. The number of fused-ring (bicyclic) bond motifs is 1. The fraction of sp³-hybridized carbons (Fsp3) is 0.130. The second-order valence-electron chi connectivity index (χ2n) is 6.84. The van der Waals surface area contributed by atoms with Crippen LogP contribution in [0.3, 0.4) is 0 Å². The Balaban J connectivity index is 1.41. The predicted molar refractivity (Wildman–Crippen MR) is 119 cm³/mol. The third kappa shape index (κ3) is 4.38. The lowest BCUT2D eigenvalue weighted by Gasteiger charge is -2.14. The second-order valence-corrected chi connectivity index (χ2v) is 7.79. The lowest BCUT2D eigenvalue weighted by molar-refractivity contribution is -0.123. The number of carbonyl (C=O) groups is 1. The van der Waals surface area contributed by atoms with Gasteiger partial charge in [-0.15, -0.1) is 11.3 Å². The first kappa shape index (κ1) is 19.0. The highest BCUT2D eigenvalue weighted by Gasteiger charge is 2.13. The van der Waals surface area contributed by atoms with E-state index < -0.39 is 0 Å². The summed E-state index contributed by atoms with van der Waals surface area (Å²) in [4.78, 5) is 16.5. The zero-order valence-electron chi connectivity index (χ0n) is 16.2. The van der Waals surface area contributed by atoms with Crippen molar-refractivity contribution >= 4 is 34.4 Å². The highest BCUT2D eigenvalue weighted by atomic mass is 32.1. The monoisotopic (exact) mass is 403 g/mol. The minimum absolute atomic E-state index is 0.102. The first-order chi connectivity index (χ1) is 14.1. The average Bonchev–Trinajstić information content (AvgIpc) is 3.38. The molecule has 2 N–H and O–H groups in total. The molecule has 6 heteroatoms. The first-order valence-electron chi connectivity index (χ1n) is 9.27. The van der Waals surface area contributed by atoms with Gasteiger partial charge in [-0.25, -0.2) is 5.43 Å². The molecule has 4 rings (SSSR count). The molecule has 146 valence electrons. The van der Waals surface area contributed by atoms with Crippen LogP contribution >= 0.6 is 11.3 Å². The molecule has 0 atom stereocenters. The molecular formula is C23H21N3O2S. The number of thiophene rings is 1. The summed E-state index contributed by atoms with van der Waals surface area (Å²) in [7, 11) is 0. The second kappa shape index (κ2) is 8.32. The molecule has 0 bridgehead atoms. The minimum Gasteiger partial charge on any atom is -0.483 e. The van der Waals surface area contributed by atoms with Crippen LogP contribution in [0.2, 0.25) is 0 Å². The molecule has 2 aromatic carbocycles. The molecule has 0 unspecified atom stereocenters. The Hall–Kier alpha value is -3.38. The van der Waals surface area contributed by atoms with Gasteiger partial charge in [-0.2, -0.15) is 5.10 Å². The van der Waals surface area contributed by atoms with Crippen molar-refractivity contribution in [3.63, 3.8) is 0 Å².